The number of pyridine rings is 1. The van der Waals surface area contributed by atoms with Crippen LogP contribution < -0.4 is 10.4 Å². The van der Waals surface area contributed by atoms with Gasteiger partial charge in [0.1, 0.15) is 11.9 Å². The van der Waals surface area contributed by atoms with Gasteiger partial charge in [-0.25, -0.2) is 23.7 Å². The first kappa shape index (κ1) is 21.1. The first-order chi connectivity index (χ1) is 13.6. The van der Waals surface area contributed by atoms with Gasteiger partial charge in [0.2, 0.25) is 0 Å². The fraction of sp³-hybridized carbons (Fsp3) is 0.526. The van der Waals surface area contributed by atoms with Crippen molar-refractivity contribution in [2.75, 3.05) is 17.7 Å². The molecular weight excluding hydrogens is 398 g/mol. The quantitative estimate of drug-likeness (QED) is 0.416. The Kier molecular flexibility index (Phi) is 5.82. The number of carbonyl (C=O) groups is 2. The lowest BCUT2D eigenvalue weighted by Gasteiger charge is -2.26. The van der Waals surface area contributed by atoms with Crippen molar-refractivity contribution in [1.82, 2.24) is 10.5 Å². The predicted molar refractivity (Wildman–Crippen MR) is 104 cm³/mol. The van der Waals surface area contributed by atoms with Crippen molar-refractivity contribution in [3.63, 3.8) is 0 Å². The van der Waals surface area contributed by atoms with Crippen molar-refractivity contribution < 1.29 is 28.0 Å². The molecule has 0 radical (unpaired) electrons. The second kappa shape index (κ2) is 8.00. The molecule has 2 heterocycles. The van der Waals surface area contributed by atoms with Crippen molar-refractivity contribution >= 4 is 27.7 Å². The van der Waals surface area contributed by atoms with Gasteiger partial charge in [0.25, 0.3) is 5.91 Å². The van der Waals surface area contributed by atoms with Crippen molar-refractivity contribution in [1.29, 1.82) is 0 Å². The van der Waals surface area contributed by atoms with E-state index in [1.165, 1.54) is 23.7 Å². The van der Waals surface area contributed by atoms with Crippen LogP contribution in [0.4, 0.5) is 10.6 Å². The molecule has 29 heavy (non-hydrogen) atoms. The summed E-state index contributed by atoms with van der Waals surface area (Å²) < 4.78 is 27.5. The number of hydrogen-bond acceptors (Lipinski definition) is 7. The number of amides is 2. The van der Waals surface area contributed by atoms with Crippen LogP contribution in [0.2, 0.25) is 0 Å². The topological polar surface area (TPSA) is 126 Å². The van der Waals surface area contributed by atoms with E-state index in [-0.39, 0.29) is 13.0 Å². The SMILES string of the molecule is C[C@@](C[C@H]1CN(c2ccc(C#CC3CCC3)cn2)C(=O)O1)(C(=O)NO)S(C)(=O)=O. The van der Waals surface area contributed by atoms with E-state index < -0.39 is 32.7 Å². The Hall–Kier alpha value is -2.64. The van der Waals surface area contributed by atoms with Crippen LogP contribution in [0.5, 0.6) is 0 Å². The van der Waals surface area contributed by atoms with Crippen molar-refractivity contribution in [2.24, 2.45) is 5.92 Å². The standard InChI is InChI=1S/C19H23N3O6S/c1-19(17(23)21-25,29(2,26)27)10-15-12-22(18(24)28-15)16-9-8-14(11-20-16)7-6-13-4-3-5-13/h8-9,11,13,15,25H,3-5,10,12H2,1-2H3,(H,21,23)/t15-,19+/m0/s1. The lowest BCUT2D eigenvalue weighted by molar-refractivity contribution is -0.132. The van der Waals surface area contributed by atoms with E-state index >= 15 is 0 Å². The van der Waals surface area contributed by atoms with E-state index in [2.05, 4.69) is 16.8 Å². The molecule has 0 spiro atoms. The first-order valence-electron chi connectivity index (χ1n) is 9.24. The zero-order valence-corrected chi connectivity index (χ0v) is 17.0. The van der Waals surface area contributed by atoms with Gasteiger partial charge in [-0.3, -0.25) is 14.9 Å². The molecular formula is C19H23N3O6S. The number of nitrogens with one attached hydrogen (secondary N) is 1. The van der Waals surface area contributed by atoms with Gasteiger partial charge < -0.3 is 4.74 Å². The minimum atomic E-state index is -3.89. The van der Waals surface area contributed by atoms with Gasteiger partial charge in [0, 0.05) is 30.4 Å². The summed E-state index contributed by atoms with van der Waals surface area (Å²) in [6.45, 7) is 1.21. The van der Waals surface area contributed by atoms with Crippen LogP contribution in [0, 0.1) is 17.8 Å². The van der Waals surface area contributed by atoms with E-state index in [9.17, 15) is 18.0 Å². The highest BCUT2D eigenvalue weighted by Crippen LogP contribution is 2.29. The number of hydrogen-bond donors (Lipinski definition) is 2. The molecule has 1 aromatic rings. The highest BCUT2D eigenvalue weighted by Gasteiger charge is 2.48. The van der Waals surface area contributed by atoms with Crippen LogP contribution in [0.15, 0.2) is 18.3 Å². The summed E-state index contributed by atoms with van der Waals surface area (Å²) in [4.78, 5) is 29.7. The fourth-order valence-electron chi connectivity index (χ4n) is 3.14. The summed E-state index contributed by atoms with van der Waals surface area (Å²) in [6.07, 6.45) is 4.08. The lowest BCUT2D eigenvalue weighted by Crippen LogP contribution is -2.51. The molecule has 2 aliphatic rings. The molecule has 0 bridgehead atoms. The highest BCUT2D eigenvalue weighted by molar-refractivity contribution is 7.92. The van der Waals surface area contributed by atoms with Crippen molar-refractivity contribution in [3.05, 3.63) is 23.9 Å². The molecule has 2 atom stereocenters. The molecule has 2 N–H and O–H groups in total. The monoisotopic (exact) mass is 421 g/mol. The van der Waals surface area contributed by atoms with Gasteiger partial charge in [0.05, 0.1) is 6.54 Å². The Morgan fingerprint density at radius 1 is 1.45 bits per heavy atom. The van der Waals surface area contributed by atoms with Gasteiger partial charge in [-0.2, -0.15) is 0 Å². The van der Waals surface area contributed by atoms with Gasteiger partial charge in [-0.1, -0.05) is 18.3 Å². The van der Waals surface area contributed by atoms with Crippen LogP contribution in [0.25, 0.3) is 0 Å². The van der Waals surface area contributed by atoms with E-state index in [0.29, 0.717) is 11.7 Å². The highest BCUT2D eigenvalue weighted by atomic mass is 32.2. The zero-order valence-electron chi connectivity index (χ0n) is 16.2. The third-order valence-corrected chi connectivity index (χ3v) is 7.43. The second-order valence-electron chi connectivity index (χ2n) is 7.57. The Labute approximate surface area is 169 Å². The number of anilines is 1. The van der Waals surface area contributed by atoms with Crippen LogP contribution in [-0.4, -0.2) is 54.3 Å². The van der Waals surface area contributed by atoms with Crippen LogP contribution in [0.3, 0.4) is 0 Å². The molecule has 1 saturated carbocycles. The molecule has 3 rings (SSSR count). The average molecular weight is 421 g/mol. The summed E-state index contributed by atoms with van der Waals surface area (Å²) in [5.74, 6) is 5.97. The third kappa shape index (κ3) is 4.36. The number of cyclic esters (lactones) is 1. The van der Waals surface area contributed by atoms with Gasteiger partial charge in [-0.15, -0.1) is 0 Å². The molecule has 2 fully saturated rings. The summed E-state index contributed by atoms with van der Waals surface area (Å²) in [6, 6.07) is 3.40. The molecule has 1 aliphatic heterocycles. The molecule has 10 heteroatoms. The Morgan fingerprint density at radius 2 is 2.17 bits per heavy atom. The Morgan fingerprint density at radius 3 is 2.69 bits per heavy atom. The molecule has 1 aliphatic carbocycles. The molecule has 0 unspecified atom stereocenters. The van der Waals surface area contributed by atoms with E-state index in [0.717, 1.165) is 24.7 Å². The van der Waals surface area contributed by atoms with E-state index in [1.54, 1.807) is 18.3 Å². The van der Waals surface area contributed by atoms with Gasteiger partial charge in [-0.05, 0) is 31.9 Å². The number of aromatic nitrogens is 1. The first-order valence-corrected chi connectivity index (χ1v) is 11.1. The molecule has 2 amide bonds. The smallest absolute Gasteiger partial charge is 0.415 e. The van der Waals surface area contributed by atoms with Crippen molar-refractivity contribution in [3.8, 4) is 11.8 Å². The zero-order chi connectivity index (χ0) is 21.2. The fourth-order valence-corrected chi connectivity index (χ4v) is 4.01. The van der Waals surface area contributed by atoms with E-state index in [1.807, 2.05) is 0 Å². The van der Waals surface area contributed by atoms with Crippen molar-refractivity contribution in [2.45, 2.75) is 43.5 Å². The number of carbonyl (C=O) groups excluding carboxylic acids is 2. The lowest BCUT2D eigenvalue weighted by atomic mass is 9.86. The summed E-state index contributed by atoms with van der Waals surface area (Å²) >= 11 is 0. The predicted octanol–water partition coefficient (Wildman–Crippen LogP) is 1.26. The molecule has 1 saturated heterocycles. The maximum atomic E-state index is 12.2. The molecule has 156 valence electrons. The largest absolute Gasteiger partial charge is 0.444 e. The third-order valence-electron chi connectivity index (χ3n) is 5.44. The summed E-state index contributed by atoms with van der Waals surface area (Å²) in [7, 11) is -3.89. The average Bonchev–Trinajstić information content (AvgIpc) is 2.99. The normalized spacial score (nSPS) is 21.4. The molecule has 9 nitrogen and oxygen atoms in total. The summed E-state index contributed by atoms with van der Waals surface area (Å²) in [5.41, 5.74) is 2.12. The molecule has 1 aromatic heterocycles. The molecule has 0 aromatic carbocycles. The van der Waals surface area contributed by atoms with Crippen LogP contribution in [0.1, 0.15) is 38.2 Å². The van der Waals surface area contributed by atoms with Crippen LogP contribution in [-0.2, 0) is 19.4 Å². The Balaban J connectivity index is 1.71. The Bertz CT molecular complexity index is 962. The number of ether oxygens (including phenoxy) is 1. The second-order valence-corrected chi connectivity index (χ2v) is 10.0. The number of sulfone groups is 1. The van der Waals surface area contributed by atoms with Gasteiger partial charge >= 0.3 is 6.09 Å². The minimum absolute atomic E-state index is 0.0305. The maximum absolute atomic E-state index is 12.2. The van der Waals surface area contributed by atoms with Gasteiger partial charge in [0.15, 0.2) is 14.6 Å². The minimum Gasteiger partial charge on any atom is -0.444 e. The number of hydroxylamine groups is 1. The van der Waals surface area contributed by atoms with Crippen LogP contribution >= 0.6 is 0 Å². The maximum Gasteiger partial charge on any atom is 0.415 e. The summed E-state index contributed by atoms with van der Waals surface area (Å²) in [5, 5.41) is 8.91. The van der Waals surface area contributed by atoms with E-state index in [4.69, 9.17) is 9.94 Å². The number of nitrogens with zero attached hydrogens (tertiary/aromatic N) is 2. The number of rotatable bonds is 5.